The number of nitrogens with zero attached hydrogens (tertiary/aromatic N) is 3. The lowest BCUT2D eigenvalue weighted by molar-refractivity contribution is 0.305. The first-order valence-electron chi connectivity index (χ1n) is 10.7. The van der Waals surface area contributed by atoms with Crippen molar-refractivity contribution in [3.63, 3.8) is 0 Å². The van der Waals surface area contributed by atoms with Gasteiger partial charge in [-0.25, -0.2) is 9.37 Å². The Morgan fingerprint density at radius 1 is 1.23 bits per heavy atom. The predicted molar refractivity (Wildman–Crippen MR) is 122 cm³/mol. The van der Waals surface area contributed by atoms with Gasteiger partial charge in [0.15, 0.2) is 0 Å². The number of hydrogen-bond acceptors (Lipinski definition) is 3. The van der Waals surface area contributed by atoms with Gasteiger partial charge in [-0.1, -0.05) is 12.1 Å². The zero-order valence-electron chi connectivity index (χ0n) is 17.8. The van der Waals surface area contributed by atoms with Crippen molar-refractivity contribution in [1.82, 2.24) is 19.3 Å². The highest BCUT2D eigenvalue weighted by Gasteiger charge is 2.17. The van der Waals surface area contributed by atoms with E-state index < -0.39 is 0 Å². The third-order valence-electron chi connectivity index (χ3n) is 6.31. The molecule has 5 nitrogen and oxygen atoms in total. The zero-order chi connectivity index (χ0) is 21.5. The first kappa shape index (κ1) is 19.7. The van der Waals surface area contributed by atoms with Crippen LogP contribution in [-0.2, 0) is 6.42 Å². The van der Waals surface area contributed by atoms with Crippen molar-refractivity contribution < 1.29 is 4.39 Å². The molecule has 1 N–H and O–H groups in total. The van der Waals surface area contributed by atoms with Crippen LogP contribution in [0, 0.1) is 19.7 Å². The Hall–Kier alpha value is -3.25. The van der Waals surface area contributed by atoms with Gasteiger partial charge in [0.1, 0.15) is 11.5 Å². The molecule has 0 bridgehead atoms. The largest absolute Gasteiger partial charge is 0.360 e. The van der Waals surface area contributed by atoms with Crippen LogP contribution in [0.1, 0.15) is 28.8 Å². The zero-order valence-corrected chi connectivity index (χ0v) is 17.8. The molecule has 0 saturated carbocycles. The molecule has 0 fully saturated rings. The smallest absolute Gasteiger partial charge is 0.261 e. The van der Waals surface area contributed by atoms with E-state index >= 15 is 0 Å². The Morgan fingerprint density at radius 2 is 2.10 bits per heavy atom. The summed E-state index contributed by atoms with van der Waals surface area (Å²) in [5.41, 5.74) is 6.64. The molecule has 5 rings (SSSR count). The molecule has 31 heavy (non-hydrogen) atoms. The number of fused-ring (bicyclic) bond motifs is 2. The number of benzene rings is 1. The highest BCUT2D eigenvalue weighted by molar-refractivity contribution is 5.92. The molecule has 1 aromatic carbocycles. The van der Waals surface area contributed by atoms with Crippen LogP contribution in [-0.4, -0.2) is 38.9 Å². The Bertz CT molecular complexity index is 1380. The maximum atomic E-state index is 13.5. The molecule has 4 aromatic rings. The van der Waals surface area contributed by atoms with Gasteiger partial charge in [-0.3, -0.25) is 14.1 Å². The van der Waals surface area contributed by atoms with E-state index in [9.17, 15) is 9.18 Å². The highest BCUT2D eigenvalue weighted by Crippen LogP contribution is 2.29. The Balaban J connectivity index is 1.32. The van der Waals surface area contributed by atoms with E-state index in [1.54, 1.807) is 10.6 Å². The minimum Gasteiger partial charge on any atom is -0.360 e. The van der Waals surface area contributed by atoms with E-state index in [4.69, 9.17) is 0 Å². The van der Waals surface area contributed by atoms with Gasteiger partial charge in [0.25, 0.3) is 5.56 Å². The molecule has 0 radical (unpaired) electrons. The number of aromatic amines is 1. The maximum absolute atomic E-state index is 13.5. The average molecular weight is 417 g/mol. The van der Waals surface area contributed by atoms with E-state index in [0.717, 1.165) is 65.0 Å². The molecule has 0 unspecified atom stereocenters. The summed E-state index contributed by atoms with van der Waals surface area (Å²) in [5.74, 6) is -0.228. The summed E-state index contributed by atoms with van der Waals surface area (Å²) < 4.78 is 15.1. The minimum absolute atomic E-state index is 0.0328. The topological polar surface area (TPSA) is 53.4 Å². The fourth-order valence-electron chi connectivity index (χ4n) is 4.52. The Kier molecular flexibility index (Phi) is 4.94. The average Bonchev–Trinajstić information content (AvgIpc) is 3.18. The standard InChI is InChI=1S/C25H25FN4O/c1-16-4-3-10-30-24(16)28-17(2)20(25(30)31)9-13-29-11-7-18(8-12-29)22-15-27-23-14-19(26)5-6-21(22)23/h3-7,10,14-15,27H,8-9,11-13H2,1-2H3. The second-order valence-corrected chi connectivity index (χ2v) is 8.29. The molecular weight excluding hydrogens is 391 g/mol. The molecule has 3 aromatic heterocycles. The summed E-state index contributed by atoms with van der Waals surface area (Å²) in [4.78, 5) is 23.2. The van der Waals surface area contributed by atoms with Gasteiger partial charge in [0.05, 0.1) is 0 Å². The van der Waals surface area contributed by atoms with E-state index in [-0.39, 0.29) is 11.4 Å². The molecular formula is C25H25FN4O. The van der Waals surface area contributed by atoms with Crippen LogP contribution < -0.4 is 5.56 Å². The molecule has 0 atom stereocenters. The Morgan fingerprint density at radius 3 is 2.90 bits per heavy atom. The number of hydrogen-bond donors (Lipinski definition) is 1. The van der Waals surface area contributed by atoms with E-state index in [1.807, 2.05) is 38.2 Å². The van der Waals surface area contributed by atoms with Crippen LogP contribution in [0.25, 0.3) is 22.1 Å². The molecule has 1 aliphatic heterocycles. The fourth-order valence-corrected chi connectivity index (χ4v) is 4.52. The van der Waals surface area contributed by atoms with E-state index in [0.29, 0.717) is 6.42 Å². The molecule has 4 heterocycles. The van der Waals surface area contributed by atoms with Crippen molar-refractivity contribution in [3.8, 4) is 0 Å². The SMILES string of the molecule is Cc1nc2c(C)cccn2c(=O)c1CCN1CC=C(c2c[nH]c3cc(F)ccc23)CC1. The number of aromatic nitrogens is 3. The summed E-state index contributed by atoms with van der Waals surface area (Å²) in [6, 6.07) is 8.75. The molecule has 0 spiro atoms. The summed E-state index contributed by atoms with van der Waals surface area (Å²) >= 11 is 0. The van der Waals surface area contributed by atoms with Gasteiger partial charge in [0.2, 0.25) is 0 Å². The van der Waals surface area contributed by atoms with Crippen LogP contribution in [0.15, 0.2) is 53.6 Å². The molecule has 6 heteroatoms. The van der Waals surface area contributed by atoms with Crippen LogP contribution in [0.2, 0.25) is 0 Å². The summed E-state index contributed by atoms with van der Waals surface area (Å²) in [6.07, 6.45) is 7.63. The summed E-state index contributed by atoms with van der Waals surface area (Å²) in [5, 5.41) is 1.06. The fraction of sp³-hybridized carbons (Fsp3) is 0.280. The van der Waals surface area contributed by atoms with Gasteiger partial charge in [0, 0.05) is 59.8 Å². The van der Waals surface area contributed by atoms with Crippen LogP contribution in [0.4, 0.5) is 4.39 Å². The second-order valence-electron chi connectivity index (χ2n) is 8.29. The highest BCUT2D eigenvalue weighted by atomic mass is 19.1. The molecule has 0 aliphatic carbocycles. The lowest BCUT2D eigenvalue weighted by Gasteiger charge is -2.26. The van der Waals surface area contributed by atoms with Crippen LogP contribution in [0.5, 0.6) is 0 Å². The third-order valence-corrected chi connectivity index (χ3v) is 6.31. The van der Waals surface area contributed by atoms with Crippen molar-refractivity contribution in [2.24, 2.45) is 0 Å². The van der Waals surface area contributed by atoms with Gasteiger partial charge in [-0.2, -0.15) is 0 Å². The maximum Gasteiger partial charge on any atom is 0.261 e. The minimum atomic E-state index is -0.228. The third kappa shape index (κ3) is 3.57. The Labute approximate surface area is 179 Å². The number of rotatable bonds is 4. The monoisotopic (exact) mass is 416 g/mol. The predicted octanol–water partition coefficient (Wildman–Crippen LogP) is 4.26. The first-order valence-corrected chi connectivity index (χ1v) is 10.7. The van der Waals surface area contributed by atoms with Crippen LogP contribution >= 0.6 is 0 Å². The van der Waals surface area contributed by atoms with Crippen LogP contribution in [0.3, 0.4) is 0 Å². The van der Waals surface area contributed by atoms with E-state index in [2.05, 4.69) is 20.9 Å². The quantitative estimate of drug-likeness (QED) is 0.541. The lowest BCUT2D eigenvalue weighted by atomic mass is 9.98. The van der Waals surface area contributed by atoms with Crippen molar-refractivity contribution in [3.05, 3.63) is 87.4 Å². The molecule has 1 aliphatic rings. The normalized spacial score (nSPS) is 15.0. The number of aryl methyl sites for hydroxylation is 2. The number of H-pyrrole nitrogens is 1. The van der Waals surface area contributed by atoms with Gasteiger partial charge < -0.3 is 4.98 Å². The molecule has 0 amide bonds. The van der Waals surface area contributed by atoms with Crippen molar-refractivity contribution in [1.29, 1.82) is 0 Å². The lowest BCUT2D eigenvalue weighted by Crippen LogP contribution is -2.32. The number of nitrogens with one attached hydrogen (secondary N) is 1. The molecule has 158 valence electrons. The molecule has 0 saturated heterocycles. The second kappa shape index (κ2) is 7.78. The van der Waals surface area contributed by atoms with Gasteiger partial charge in [-0.05, 0) is 62.1 Å². The van der Waals surface area contributed by atoms with Gasteiger partial charge >= 0.3 is 0 Å². The van der Waals surface area contributed by atoms with E-state index in [1.165, 1.54) is 17.7 Å². The van der Waals surface area contributed by atoms with Crippen molar-refractivity contribution in [2.75, 3.05) is 19.6 Å². The van der Waals surface area contributed by atoms with Crippen molar-refractivity contribution >= 4 is 22.1 Å². The van der Waals surface area contributed by atoms with Crippen molar-refractivity contribution in [2.45, 2.75) is 26.7 Å². The summed E-state index contributed by atoms with van der Waals surface area (Å²) in [7, 11) is 0. The number of halogens is 1. The first-order chi connectivity index (χ1) is 15.0. The number of pyridine rings is 1. The summed E-state index contributed by atoms with van der Waals surface area (Å²) in [6.45, 7) is 6.49. The van der Waals surface area contributed by atoms with Gasteiger partial charge in [-0.15, -0.1) is 0 Å².